The lowest BCUT2D eigenvalue weighted by atomic mass is 9.94. The SMILES string of the molecule is COC(=O)CCN(Cc1ccc(S(N)(=O)=O)cc1)C(=O)C(C)(C)C. The zero-order chi connectivity index (χ0) is 18.5. The number of nitrogens with two attached hydrogens (primary N) is 1. The molecule has 0 aromatic heterocycles. The van der Waals surface area contributed by atoms with Crippen LogP contribution in [0.4, 0.5) is 0 Å². The molecule has 24 heavy (non-hydrogen) atoms. The van der Waals surface area contributed by atoms with Gasteiger partial charge in [0.2, 0.25) is 15.9 Å². The van der Waals surface area contributed by atoms with E-state index in [1.165, 1.54) is 19.2 Å². The van der Waals surface area contributed by atoms with Crippen LogP contribution in [0.1, 0.15) is 32.8 Å². The lowest BCUT2D eigenvalue weighted by Crippen LogP contribution is -2.40. The van der Waals surface area contributed by atoms with Gasteiger partial charge in [-0.3, -0.25) is 9.59 Å². The smallest absolute Gasteiger partial charge is 0.307 e. The molecule has 0 aliphatic rings. The van der Waals surface area contributed by atoms with E-state index in [0.717, 1.165) is 5.56 Å². The maximum absolute atomic E-state index is 12.6. The second-order valence-corrected chi connectivity index (χ2v) is 8.05. The summed E-state index contributed by atoms with van der Waals surface area (Å²) >= 11 is 0. The minimum Gasteiger partial charge on any atom is -0.469 e. The summed E-state index contributed by atoms with van der Waals surface area (Å²) in [6.45, 7) is 5.87. The van der Waals surface area contributed by atoms with Crippen molar-refractivity contribution >= 4 is 21.9 Å². The monoisotopic (exact) mass is 356 g/mol. The van der Waals surface area contributed by atoms with Crippen molar-refractivity contribution in [3.63, 3.8) is 0 Å². The fraction of sp³-hybridized carbons (Fsp3) is 0.500. The molecule has 0 aliphatic carbocycles. The van der Waals surface area contributed by atoms with Crippen LogP contribution in [0.3, 0.4) is 0 Å². The van der Waals surface area contributed by atoms with Gasteiger partial charge in [0.15, 0.2) is 0 Å². The summed E-state index contributed by atoms with van der Waals surface area (Å²) in [7, 11) is -2.46. The van der Waals surface area contributed by atoms with E-state index in [1.54, 1.807) is 37.8 Å². The van der Waals surface area contributed by atoms with Crippen LogP contribution in [0, 0.1) is 5.41 Å². The highest BCUT2D eigenvalue weighted by Crippen LogP contribution is 2.20. The third-order valence-corrected chi connectivity index (χ3v) is 4.30. The molecule has 7 nitrogen and oxygen atoms in total. The molecule has 1 rings (SSSR count). The van der Waals surface area contributed by atoms with Crippen LogP contribution in [0.15, 0.2) is 29.2 Å². The Morgan fingerprint density at radius 2 is 1.71 bits per heavy atom. The number of methoxy groups -OCH3 is 1. The Hall–Kier alpha value is -1.93. The fourth-order valence-corrected chi connectivity index (χ4v) is 2.58. The van der Waals surface area contributed by atoms with Crippen LogP contribution < -0.4 is 5.14 Å². The Morgan fingerprint density at radius 3 is 2.12 bits per heavy atom. The summed E-state index contributed by atoms with van der Waals surface area (Å²) in [4.78, 5) is 25.5. The van der Waals surface area contributed by atoms with Crippen molar-refractivity contribution < 1.29 is 22.7 Å². The molecular formula is C16H24N2O5S. The quantitative estimate of drug-likeness (QED) is 0.773. The van der Waals surface area contributed by atoms with E-state index in [2.05, 4.69) is 4.74 Å². The van der Waals surface area contributed by atoms with Crippen LogP contribution in [-0.4, -0.2) is 38.8 Å². The van der Waals surface area contributed by atoms with Gasteiger partial charge in [0, 0.05) is 18.5 Å². The second-order valence-electron chi connectivity index (χ2n) is 6.49. The number of amides is 1. The number of benzene rings is 1. The highest BCUT2D eigenvalue weighted by molar-refractivity contribution is 7.89. The summed E-state index contributed by atoms with van der Waals surface area (Å²) in [5, 5.41) is 5.07. The molecule has 0 aliphatic heterocycles. The van der Waals surface area contributed by atoms with E-state index >= 15 is 0 Å². The summed E-state index contributed by atoms with van der Waals surface area (Å²) in [6.07, 6.45) is 0.0909. The first-order chi connectivity index (χ1) is 10.9. The summed E-state index contributed by atoms with van der Waals surface area (Å²) in [5.41, 5.74) is 0.140. The summed E-state index contributed by atoms with van der Waals surface area (Å²) < 4.78 is 27.2. The maximum atomic E-state index is 12.6. The normalized spacial score (nSPS) is 11.9. The van der Waals surface area contributed by atoms with Crippen molar-refractivity contribution in [3.05, 3.63) is 29.8 Å². The predicted molar refractivity (Wildman–Crippen MR) is 89.3 cm³/mol. The van der Waals surface area contributed by atoms with Gasteiger partial charge in [-0.15, -0.1) is 0 Å². The molecule has 1 aromatic carbocycles. The van der Waals surface area contributed by atoms with Crippen molar-refractivity contribution in [1.82, 2.24) is 4.90 Å². The van der Waals surface area contributed by atoms with Crippen molar-refractivity contribution in [2.24, 2.45) is 10.6 Å². The van der Waals surface area contributed by atoms with E-state index in [9.17, 15) is 18.0 Å². The molecule has 1 amide bonds. The van der Waals surface area contributed by atoms with Crippen molar-refractivity contribution in [3.8, 4) is 0 Å². The topological polar surface area (TPSA) is 107 Å². The predicted octanol–water partition coefficient (Wildman–Crippen LogP) is 1.27. The van der Waals surface area contributed by atoms with Gasteiger partial charge in [-0.1, -0.05) is 32.9 Å². The Balaban J connectivity index is 2.95. The Bertz CT molecular complexity index is 690. The van der Waals surface area contributed by atoms with Gasteiger partial charge in [-0.25, -0.2) is 13.6 Å². The number of nitrogens with zero attached hydrogens (tertiary/aromatic N) is 1. The van der Waals surface area contributed by atoms with Gasteiger partial charge in [-0.2, -0.15) is 0 Å². The number of rotatable bonds is 6. The molecule has 1 aromatic rings. The van der Waals surface area contributed by atoms with Gasteiger partial charge in [0.05, 0.1) is 18.4 Å². The number of carbonyl (C=O) groups is 2. The Kier molecular flexibility index (Phi) is 6.50. The van der Waals surface area contributed by atoms with Gasteiger partial charge in [-0.05, 0) is 17.7 Å². The first kappa shape index (κ1) is 20.1. The number of ether oxygens (including phenoxy) is 1. The van der Waals surface area contributed by atoms with Crippen molar-refractivity contribution in [2.45, 2.75) is 38.6 Å². The summed E-state index contributed by atoms with van der Waals surface area (Å²) in [5.74, 6) is -0.506. The van der Waals surface area contributed by atoms with Crippen molar-refractivity contribution in [1.29, 1.82) is 0 Å². The van der Waals surface area contributed by atoms with E-state index in [1.807, 2.05) is 0 Å². The van der Waals surface area contributed by atoms with Gasteiger partial charge in [0.25, 0.3) is 0 Å². The minimum absolute atomic E-state index is 0.00880. The minimum atomic E-state index is -3.75. The number of carbonyl (C=O) groups excluding carboxylic acids is 2. The molecule has 0 bridgehead atoms. The standard InChI is InChI=1S/C16H24N2O5S/c1-16(2,3)15(20)18(10-9-14(19)23-4)11-12-5-7-13(8-6-12)24(17,21)22/h5-8H,9-11H2,1-4H3,(H2,17,21,22). The molecule has 0 spiro atoms. The van der Waals surface area contributed by atoms with E-state index in [0.29, 0.717) is 0 Å². The molecule has 2 N–H and O–H groups in total. The lowest BCUT2D eigenvalue weighted by Gasteiger charge is -2.29. The molecule has 0 heterocycles. The number of sulfonamides is 1. The molecule has 134 valence electrons. The maximum Gasteiger partial charge on any atom is 0.307 e. The third kappa shape index (κ3) is 5.93. The molecule has 0 saturated carbocycles. The second kappa shape index (κ2) is 7.76. The average molecular weight is 356 g/mol. The van der Waals surface area contributed by atoms with Crippen LogP contribution >= 0.6 is 0 Å². The van der Waals surface area contributed by atoms with E-state index in [4.69, 9.17) is 5.14 Å². The highest BCUT2D eigenvalue weighted by atomic mass is 32.2. The zero-order valence-electron chi connectivity index (χ0n) is 14.4. The molecule has 0 fully saturated rings. The van der Waals surface area contributed by atoms with Crippen LogP contribution in [0.25, 0.3) is 0 Å². The highest BCUT2D eigenvalue weighted by Gasteiger charge is 2.27. The fourth-order valence-electron chi connectivity index (χ4n) is 2.06. The zero-order valence-corrected chi connectivity index (χ0v) is 15.2. The molecular weight excluding hydrogens is 332 g/mol. The van der Waals surface area contributed by atoms with Gasteiger partial charge < -0.3 is 9.64 Å². The lowest BCUT2D eigenvalue weighted by molar-refractivity contribution is -0.144. The van der Waals surface area contributed by atoms with Gasteiger partial charge >= 0.3 is 5.97 Å². The molecule has 0 radical (unpaired) electrons. The molecule has 0 atom stereocenters. The van der Waals surface area contributed by atoms with Gasteiger partial charge in [0.1, 0.15) is 0 Å². The van der Waals surface area contributed by atoms with Crippen molar-refractivity contribution in [2.75, 3.05) is 13.7 Å². The summed E-state index contributed by atoms with van der Waals surface area (Å²) in [6, 6.07) is 5.98. The third-order valence-electron chi connectivity index (χ3n) is 3.37. The largest absolute Gasteiger partial charge is 0.469 e. The molecule has 0 saturated heterocycles. The van der Waals surface area contributed by atoms with E-state index < -0.39 is 21.4 Å². The Labute approximate surface area is 142 Å². The average Bonchev–Trinajstić information content (AvgIpc) is 2.49. The molecule has 8 heteroatoms. The first-order valence-electron chi connectivity index (χ1n) is 7.43. The molecule has 0 unspecified atom stereocenters. The van der Waals surface area contributed by atoms with Crippen LogP contribution in [0.2, 0.25) is 0 Å². The number of esters is 1. The van der Waals surface area contributed by atoms with Crippen LogP contribution in [0.5, 0.6) is 0 Å². The number of hydrogen-bond donors (Lipinski definition) is 1. The number of primary sulfonamides is 1. The Morgan fingerprint density at radius 1 is 1.17 bits per heavy atom. The van der Waals surface area contributed by atoms with Crippen LogP contribution in [-0.2, 0) is 30.9 Å². The van der Waals surface area contributed by atoms with E-state index in [-0.39, 0.29) is 30.3 Å². The number of hydrogen-bond acceptors (Lipinski definition) is 5. The first-order valence-corrected chi connectivity index (χ1v) is 8.97.